The average Bonchev–Trinajstić information content (AvgIpc) is 2.97. The maximum Gasteiger partial charge on any atom is 0.315 e. The van der Waals surface area contributed by atoms with Crippen LogP contribution in [0.2, 0.25) is 0 Å². The fourth-order valence-electron chi connectivity index (χ4n) is 7.05. The van der Waals surface area contributed by atoms with Crippen molar-refractivity contribution in [3.63, 3.8) is 0 Å². The first-order chi connectivity index (χ1) is 21.3. The normalized spacial score (nSPS) is 30.4. The summed E-state index contributed by atoms with van der Waals surface area (Å²) in [6.07, 6.45) is 8.33. The number of methoxy groups -OCH3 is 2. The van der Waals surface area contributed by atoms with Crippen LogP contribution < -0.4 is 26.0 Å². The molecule has 3 fully saturated rings. The largest absolute Gasteiger partial charge is 0.481 e. The number of sulfonamides is 1. The predicted octanol–water partition coefficient (Wildman–Crippen LogP) is 1.39. The van der Waals surface area contributed by atoms with E-state index in [0.717, 1.165) is 25.5 Å². The molecule has 3 saturated carbocycles. The van der Waals surface area contributed by atoms with E-state index in [2.05, 4.69) is 32.9 Å². The Labute approximate surface area is 266 Å². The minimum absolute atomic E-state index is 0.00898. The Hall–Kier alpha value is -2.49. The molecule has 0 aliphatic heterocycles. The van der Waals surface area contributed by atoms with E-state index >= 15 is 0 Å². The number of ether oxygens (including phenoxy) is 2. The summed E-state index contributed by atoms with van der Waals surface area (Å²) >= 11 is 0. The number of hydrogen-bond donors (Lipinski definition) is 6. The molecule has 4 amide bonds. The number of aliphatic carboxylic acids is 1. The molecule has 0 aromatic rings. The molecule has 258 valence electrons. The molecule has 15 heteroatoms. The van der Waals surface area contributed by atoms with E-state index in [-0.39, 0.29) is 48.7 Å². The number of amides is 4. The number of urea groups is 1. The van der Waals surface area contributed by atoms with Gasteiger partial charge in [0.2, 0.25) is 21.8 Å². The summed E-state index contributed by atoms with van der Waals surface area (Å²) in [5, 5.41) is 21.3. The van der Waals surface area contributed by atoms with Gasteiger partial charge in [-0.25, -0.2) is 17.9 Å². The minimum Gasteiger partial charge on any atom is -0.481 e. The summed E-state index contributed by atoms with van der Waals surface area (Å²) in [5.74, 6) is -2.16. The van der Waals surface area contributed by atoms with E-state index in [1.54, 1.807) is 14.2 Å². The van der Waals surface area contributed by atoms with Crippen LogP contribution >= 0.6 is 0 Å². The molecule has 7 atom stereocenters. The van der Waals surface area contributed by atoms with Crippen LogP contribution in [0.3, 0.4) is 0 Å². The lowest BCUT2D eigenvalue weighted by Crippen LogP contribution is -2.55. The van der Waals surface area contributed by atoms with Gasteiger partial charge in [-0.2, -0.15) is 0 Å². The first-order valence-electron chi connectivity index (χ1n) is 16.2. The number of carbonyl (C=O) groups excluding carboxylic acids is 3. The second-order valence-corrected chi connectivity index (χ2v) is 14.9. The first-order valence-corrected chi connectivity index (χ1v) is 18.1. The molecule has 3 rings (SSSR count). The Morgan fingerprint density at radius 3 is 2.02 bits per heavy atom. The second kappa shape index (κ2) is 17.4. The number of nitrogens with one attached hydrogen (secondary N) is 5. The van der Waals surface area contributed by atoms with Crippen molar-refractivity contribution in [3.8, 4) is 0 Å². The van der Waals surface area contributed by atoms with Gasteiger partial charge in [0.25, 0.3) is 0 Å². The molecule has 0 saturated heterocycles. The molecular formula is C30H53N5O9S. The molecule has 0 aromatic heterocycles. The van der Waals surface area contributed by atoms with Gasteiger partial charge in [-0.1, -0.05) is 19.8 Å². The highest BCUT2D eigenvalue weighted by Gasteiger charge is 2.38. The van der Waals surface area contributed by atoms with Gasteiger partial charge in [-0.15, -0.1) is 0 Å². The molecule has 3 aliphatic rings. The number of hydrogen-bond acceptors (Lipinski definition) is 8. The number of rotatable bonds is 14. The van der Waals surface area contributed by atoms with Crippen LogP contribution in [-0.2, 0) is 33.9 Å². The molecule has 0 heterocycles. The predicted molar refractivity (Wildman–Crippen MR) is 167 cm³/mol. The van der Waals surface area contributed by atoms with Crippen LogP contribution in [0.15, 0.2) is 0 Å². The third-order valence-corrected chi connectivity index (χ3v) is 10.3. The summed E-state index contributed by atoms with van der Waals surface area (Å²) < 4.78 is 37.5. The van der Waals surface area contributed by atoms with Crippen LogP contribution in [0.5, 0.6) is 0 Å². The van der Waals surface area contributed by atoms with Crippen molar-refractivity contribution in [2.45, 2.75) is 133 Å². The average molecular weight is 660 g/mol. The zero-order chi connectivity index (χ0) is 33.1. The molecule has 3 aliphatic carbocycles. The van der Waals surface area contributed by atoms with Crippen molar-refractivity contribution >= 4 is 33.8 Å². The highest BCUT2D eigenvalue weighted by molar-refractivity contribution is 7.88. The molecule has 0 aromatic carbocycles. The van der Waals surface area contributed by atoms with Gasteiger partial charge >= 0.3 is 12.0 Å². The smallest absolute Gasteiger partial charge is 0.315 e. The lowest BCUT2D eigenvalue weighted by molar-refractivity contribution is -0.139. The fraction of sp³-hybridized carbons (Fsp3) is 0.867. The number of carboxylic acids is 1. The van der Waals surface area contributed by atoms with Gasteiger partial charge < -0.3 is 35.8 Å². The second-order valence-electron chi connectivity index (χ2n) is 13.1. The van der Waals surface area contributed by atoms with Crippen LogP contribution in [0, 0.1) is 11.8 Å². The summed E-state index contributed by atoms with van der Waals surface area (Å²) in [6.45, 7) is 2.16. The maximum absolute atomic E-state index is 13.4. The Bertz CT molecular complexity index is 1120. The van der Waals surface area contributed by atoms with Gasteiger partial charge in [0, 0.05) is 38.4 Å². The Morgan fingerprint density at radius 2 is 1.44 bits per heavy atom. The van der Waals surface area contributed by atoms with Crippen LogP contribution in [0.4, 0.5) is 4.79 Å². The monoisotopic (exact) mass is 659 g/mol. The van der Waals surface area contributed by atoms with Crippen molar-refractivity contribution in [2.24, 2.45) is 11.8 Å². The van der Waals surface area contributed by atoms with Crippen molar-refractivity contribution in [1.29, 1.82) is 0 Å². The minimum atomic E-state index is -3.88. The van der Waals surface area contributed by atoms with Crippen LogP contribution in [0.25, 0.3) is 0 Å². The standard InChI is InChI=1S/C30H53N5O9S/c1-18-7-5-6-8-22(18)34-30(40)32-21-12-10-20(11-13-21)31-27(36)16-24(35-45(4,41)42)29(39)33-23(17-28(37)38)19-9-14-25(43-2)26(15-19)44-3/h18-26,35H,5-17H2,1-4H3,(H,31,36)(H,33,39)(H,37,38)(H2,32,34,40). The van der Waals surface area contributed by atoms with Gasteiger partial charge in [0.15, 0.2) is 0 Å². The number of carboxylic acid groups (broad SMARTS) is 1. The topological polar surface area (TPSA) is 201 Å². The van der Waals surface area contributed by atoms with Crippen LogP contribution in [0.1, 0.15) is 90.4 Å². The van der Waals surface area contributed by atoms with Gasteiger partial charge in [-0.3, -0.25) is 14.4 Å². The van der Waals surface area contributed by atoms with Crippen LogP contribution in [-0.4, -0.2) is 100 Å². The van der Waals surface area contributed by atoms with Crippen molar-refractivity contribution < 1.29 is 42.2 Å². The Kier molecular flexibility index (Phi) is 14.3. The van der Waals surface area contributed by atoms with Gasteiger partial charge in [0.1, 0.15) is 6.04 Å². The molecule has 0 radical (unpaired) electrons. The summed E-state index contributed by atoms with van der Waals surface area (Å²) in [4.78, 5) is 50.6. The summed E-state index contributed by atoms with van der Waals surface area (Å²) in [6, 6.07) is -2.38. The third-order valence-electron chi connectivity index (χ3n) is 9.59. The fourth-order valence-corrected chi connectivity index (χ4v) is 7.76. The first kappa shape index (κ1) is 37.0. The number of carbonyl (C=O) groups is 4. The quantitative estimate of drug-likeness (QED) is 0.159. The zero-order valence-electron chi connectivity index (χ0n) is 27.0. The summed E-state index contributed by atoms with van der Waals surface area (Å²) in [7, 11) is -0.745. The lowest BCUT2D eigenvalue weighted by Gasteiger charge is -2.38. The van der Waals surface area contributed by atoms with Crippen molar-refractivity contribution in [3.05, 3.63) is 0 Å². The summed E-state index contributed by atoms with van der Waals surface area (Å²) in [5.41, 5.74) is 0. The van der Waals surface area contributed by atoms with E-state index in [9.17, 15) is 32.7 Å². The highest BCUT2D eigenvalue weighted by atomic mass is 32.2. The zero-order valence-corrected chi connectivity index (χ0v) is 27.8. The molecule has 14 nitrogen and oxygen atoms in total. The molecule has 7 unspecified atom stereocenters. The Balaban J connectivity index is 1.53. The van der Waals surface area contributed by atoms with E-state index in [1.165, 1.54) is 6.42 Å². The molecule has 0 bridgehead atoms. The van der Waals surface area contributed by atoms with E-state index in [0.29, 0.717) is 50.9 Å². The highest BCUT2D eigenvalue weighted by Crippen LogP contribution is 2.31. The van der Waals surface area contributed by atoms with Crippen molar-refractivity contribution in [2.75, 3.05) is 20.5 Å². The molecule has 6 N–H and O–H groups in total. The third kappa shape index (κ3) is 12.3. The van der Waals surface area contributed by atoms with Gasteiger partial charge in [0.05, 0.1) is 31.3 Å². The van der Waals surface area contributed by atoms with E-state index < -0.39 is 46.3 Å². The molecule has 0 spiro atoms. The van der Waals surface area contributed by atoms with Gasteiger partial charge in [-0.05, 0) is 69.6 Å². The maximum atomic E-state index is 13.4. The lowest BCUT2D eigenvalue weighted by atomic mass is 9.79. The molecule has 45 heavy (non-hydrogen) atoms. The van der Waals surface area contributed by atoms with E-state index in [4.69, 9.17) is 9.47 Å². The Morgan fingerprint density at radius 1 is 0.822 bits per heavy atom. The molecular weight excluding hydrogens is 606 g/mol. The SMILES string of the molecule is COC1CCC(C(CC(=O)O)NC(=O)C(CC(=O)NC2CCC(NC(=O)NC3CCCCC3C)CC2)NS(C)(=O)=O)CC1OC. The van der Waals surface area contributed by atoms with E-state index in [1.807, 2.05) is 0 Å². The van der Waals surface area contributed by atoms with Crippen molar-refractivity contribution in [1.82, 2.24) is 26.0 Å².